The van der Waals surface area contributed by atoms with E-state index in [4.69, 9.17) is 0 Å². The van der Waals surface area contributed by atoms with Gasteiger partial charge >= 0.3 is 0 Å². The second-order valence-electron chi connectivity index (χ2n) is 5.02. The monoisotopic (exact) mass is 262 g/mol. The summed E-state index contributed by atoms with van der Waals surface area (Å²) >= 11 is 0. The molecule has 0 spiro atoms. The first-order valence-corrected chi connectivity index (χ1v) is 6.53. The zero-order valence-corrected chi connectivity index (χ0v) is 11.3. The Labute approximate surface area is 112 Å². The van der Waals surface area contributed by atoms with E-state index in [9.17, 15) is 14.9 Å². The van der Waals surface area contributed by atoms with E-state index in [1.165, 1.54) is 6.07 Å². The van der Waals surface area contributed by atoms with E-state index in [0.717, 1.165) is 24.8 Å². The molecule has 0 aliphatic carbocycles. The van der Waals surface area contributed by atoms with E-state index < -0.39 is 0 Å². The normalized spacial score (nSPS) is 19.3. The molecule has 1 fully saturated rings. The van der Waals surface area contributed by atoms with Gasteiger partial charge in [0.15, 0.2) is 5.78 Å². The minimum atomic E-state index is -0.367. The third-order valence-electron chi connectivity index (χ3n) is 3.67. The SMILES string of the molecule is CC(=O)C1CCCCN1c1c(C)cccc1[N+](=O)[O-]. The summed E-state index contributed by atoms with van der Waals surface area (Å²) in [5.41, 5.74) is 1.54. The van der Waals surface area contributed by atoms with Crippen LogP contribution < -0.4 is 4.90 Å². The van der Waals surface area contributed by atoms with Gasteiger partial charge in [0, 0.05) is 12.6 Å². The summed E-state index contributed by atoms with van der Waals surface area (Å²) in [6, 6.07) is 4.82. The maximum absolute atomic E-state index is 11.8. The smallest absolute Gasteiger partial charge is 0.292 e. The van der Waals surface area contributed by atoms with E-state index in [0.29, 0.717) is 12.2 Å². The molecule has 1 unspecified atom stereocenters. The van der Waals surface area contributed by atoms with Crippen LogP contribution in [0.2, 0.25) is 0 Å². The molecule has 5 heteroatoms. The van der Waals surface area contributed by atoms with Gasteiger partial charge in [0.25, 0.3) is 5.69 Å². The Morgan fingerprint density at radius 3 is 2.79 bits per heavy atom. The zero-order valence-electron chi connectivity index (χ0n) is 11.3. The summed E-state index contributed by atoms with van der Waals surface area (Å²) in [5, 5.41) is 11.2. The topological polar surface area (TPSA) is 63.5 Å². The fraction of sp³-hybridized carbons (Fsp3) is 0.500. The lowest BCUT2D eigenvalue weighted by Crippen LogP contribution is -2.44. The second kappa shape index (κ2) is 5.38. The maximum atomic E-state index is 11.8. The lowest BCUT2D eigenvalue weighted by molar-refractivity contribution is -0.384. The average molecular weight is 262 g/mol. The molecule has 0 bridgehead atoms. The minimum Gasteiger partial charge on any atom is -0.356 e. The Morgan fingerprint density at radius 2 is 2.16 bits per heavy atom. The van der Waals surface area contributed by atoms with Gasteiger partial charge in [-0.15, -0.1) is 0 Å². The van der Waals surface area contributed by atoms with Crippen LogP contribution in [0.4, 0.5) is 11.4 Å². The fourth-order valence-corrected chi connectivity index (χ4v) is 2.79. The van der Waals surface area contributed by atoms with Gasteiger partial charge < -0.3 is 4.90 Å². The molecule has 1 atom stereocenters. The van der Waals surface area contributed by atoms with E-state index >= 15 is 0 Å². The number of carbonyl (C=O) groups is 1. The molecule has 1 saturated heterocycles. The van der Waals surface area contributed by atoms with Crippen molar-refractivity contribution in [1.29, 1.82) is 0 Å². The van der Waals surface area contributed by atoms with Crippen molar-refractivity contribution in [3.05, 3.63) is 33.9 Å². The van der Waals surface area contributed by atoms with Crippen LogP contribution in [0.3, 0.4) is 0 Å². The molecule has 1 heterocycles. The molecule has 2 rings (SSSR count). The van der Waals surface area contributed by atoms with Crippen molar-refractivity contribution in [2.45, 2.75) is 39.2 Å². The Hall–Kier alpha value is -1.91. The van der Waals surface area contributed by atoms with E-state index in [1.807, 2.05) is 17.9 Å². The summed E-state index contributed by atoms with van der Waals surface area (Å²) < 4.78 is 0. The minimum absolute atomic E-state index is 0.0808. The predicted molar refractivity (Wildman–Crippen MR) is 73.5 cm³/mol. The first kappa shape index (κ1) is 13.5. The summed E-state index contributed by atoms with van der Waals surface area (Å²) in [5.74, 6) is 0.0808. The van der Waals surface area contributed by atoms with Crippen LogP contribution in [0.1, 0.15) is 31.7 Å². The Kier molecular flexibility index (Phi) is 3.83. The van der Waals surface area contributed by atoms with Crippen molar-refractivity contribution in [2.24, 2.45) is 0 Å². The molecule has 102 valence electrons. The molecular weight excluding hydrogens is 244 g/mol. The molecule has 0 aromatic heterocycles. The summed E-state index contributed by atoms with van der Waals surface area (Å²) in [6.07, 6.45) is 2.75. The highest BCUT2D eigenvalue weighted by Crippen LogP contribution is 2.35. The van der Waals surface area contributed by atoms with Gasteiger partial charge in [-0.05, 0) is 38.7 Å². The lowest BCUT2D eigenvalue weighted by Gasteiger charge is -2.36. The van der Waals surface area contributed by atoms with E-state index in [2.05, 4.69) is 0 Å². The molecule has 1 aromatic rings. The number of benzene rings is 1. The molecule has 1 aliphatic heterocycles. The first-order chi connectivity index (χ1) is 9.02. The second-order valence-corrected chi connectivity index (χ2v) is 5.02. The number of rotatable bonds is 3. The van der Waals surface area contributed by atoms with Crippen molar-refractivity contribution in [3.8, 4) is 0 Å². The van der Waals surface area contributed by atoms with Crippen LogP contribution in [0.25, 0.3) is 0 Å². The molecule has 0 N–H and O–H groups in total. The largest absolute Gasteiger partial charge is 0.356 e. The number of nitro benzene ring substituents is 1. The van der Waals surface area contributed by atoms with Gasteiger partial charge in [-0.1, -0.05) is 12.1 Å². The maximum Gasteiger partial charge on any atom is 0.292 e. The highest BCUT2D eigenvalue weighted by molar-refractivity contribution is 5.86. The van der Waals surface area contributed by atoms with Crippen LogP contribution in [0, 0.1) is 17.0 Å². The van der Waals surface area contributed by atoms with Crippen LogP contribution >= 0.6 is 0 Å². The molecule has 0 saturated carbocycles. The highest BCUT2D eigenvalue weighted by atomic mass is 16.6. The Balaban J connectivity index is 2.49. The number of nitrogens with zero attached hydrogens (tertiary/aromatic N) is 2. The third kappa shape index (κ3) is 2.59. The highest BCUT2D eigenvalue weighted by Gasteiger charge is 2.31. The van der Waals surface area contributed by atoms with Gasteiger partial charge in [0.2, 0.25) is 0 Å². The van der Waals surface area contributed by atoms with Gasteiger partial charge in [0.1, 0.15) is 5.69 Å². The van der Waals surface area contributed by atoms with Crippen molar-refractivity contribution in [2.75, 3.05) is 11.4 Å². The average Bonchev–Trinajstić information content (AvgIpc) is 2.38. The predicted octanol–water partition coefficient (Wildman–Crippen LogP) is 2.85. The summed E-state index contributed by atoms with van der Waals surface area (Å²) in [6.45, 7) is 4.12. The molecule has 1 aromatic carbocycles. The fourth-order valence-electron chi connectivity index (χ4n) is 2.79. The molecule has 0 radical (unpaired) electrons. The summed E-state index contributed by atoms with van der Waals surface area (Å²) in [7, 11) is 0. The number of Topliss-reactive ketones (excluding diaryl/α,β-unsaturated/α-hetero) is 1. The lowest BCUT2D eigenvalue weighted by atomic mass is 9.97. The number of nitro groups is 1. The quantitative estimate of drug-likeness (QED) is 0.620. The number of piperidine rings is 1. The van der Waals surface area contributed by atoms with Crippen molar-refractivity contribution in [3.63, 3.8) is 0 Å². The third-order valence-corrected chi connectivity index (χ3v) is 3.67. The number of hydrogen-bond donors (Lipinski definition) is 0. The van der Waals surface area contributed by atoms with Gasteiger partial charge in [-0.2, -0.15) is 0 Å². The van der Waals surface area contributed by atoms with Crippen molar-refractivity contribution in [1.82, 2.24) is 0 Å². The molecule has 5 nitrogen and oxygen atoms in total. The molecule has 1 aliphatic rings. The molecule has 0 amide bonds. The van der Waals surface area contributed by atoms with Gasteiger partial charge in [-0.25, -0.2) is 0 Å². The number of ketones is 1. The van der Waals surface area contributed by atoms with Crippen molar-refractivity contribution >= 4 is 17.2 Å². The van der Waals surface area contributed by atoms with Crippen molar-refractivity contribution < 1.29 is 9.72 Å². The Bertz CT molecular complexity index is 513. The van der Waals surface area contributed by atoms with E-state index in [-0.39, 0.29) is 22.4 Å². The van der Waals surface area contributed by atoms with Crippen LogP contribution in [0.5, 0.6) is 0 Å². The zero-order chi connectivity index (χ0) is 14.0. The van der Waals surface area contributed by atoms with Crippen LogP contribution in [0.15, 0.2) is 18.2 Å². The molecule has 19 heavy (non-hydrogen) atoms. The Morgan fingerprint density at radius 1 is 1.42 bits per heavy atom. The van der Waals surface area contributed by atoms with Crippen LogP contribution in [-0.2, 0) is 4.79 Å². The number of aryl methyl sites for hydroxylation is 1. The standard InChI is InChI=1S/C14H18N2O3/c1-10-6-5-8-13(16(18)19)14(10)15-9-4-3-7-12(15)11(2)17/h5-6,8,12H,3-4,7,9H2,1-2H3. The molecular formula is C14H18N2O3. The van der Waals surface area contributed by atoms with Gasteiger partial charge in [0.05, 0.1) is 11.0 Å². The number of carbonyl (C=O) groups excluding carboxylic acids is 1. The summed E-state index contributed by atoms with van der Waals surface area (Å²) in [4.78, 5) is 24.5. The number of para-hydroxylation sites is 1. The number of anilines is 1. The van der Waals surface area contributed by atoms with Gasteiger partial charge in [-0.3, -0.25) is 14.9 Å². The first-order valence-electron chi connectivity index (χ1n) is 6.53. The van der Waals surface area contributed by atoms with E-state index in [1.54, 1.807) is 13.0 Å². The van der Waals surface area contributed by atoms with Crippen LogP contribution in [-0.4, -0.2) is 23.3 Å². The number of hydrogen-bond acceptors (Lipinski definition) is 4.